The van der Waals surface area contributed by atoms with Crippen LogP contribution in [0.4, 0.5) is 0 Å². The van der Waals surface area contributed by atoms with Crippen LogP contribution in [0.1, 0.15) is 51.9 Å². The van der Waals surface area contributed by atoms with Crippen molar-refractivity contribution in [3.8, 4) is 0 Å². The predicted molar refractivity (Wildman–Crippen MR) is 123 cm³/mol. The fourth-order valence-corrected chi connectivity index (χ4v) is 2.89. The number of rotatable bonds is 25. The van der Waals surface area contributed by atoms with Crippen LogP contribution in [-0.4, -0.2) is 89.6 Å². The van der Waals surface area contributed by atoms with Gasteiger partial charge in [0, 0.05) is 58.8 Å². The van der Waals surface area contributed by atoms with Gasteiger partial charge in [0.25, 0.3) is 0 Å². The zero-order valence-electron chi connectivity index (χ0n) is 18.8. The standard InChI is InChI=1S/C21H48N6O2/c1-2-22-13-14-26-18-15-24-11-7-4-8-12-25-17-20-27-19-16-23-10-6-3-5-9-21(28)29/h22-27H,2-20H2,1H3,(H,28,29). The molecule has 0 radical (unpaired) electrons. The smallest absolute Gasteiger partial charge is 0.303 e. The number of carbonyl (C=O) groups is 1. The summed E-state index contributed by atoms with van der Waals surface area (Å²) in [4.78, 5) is 10.4. The van der Waals surface area contributed by atoms with E-state index in [0.717, 1.165) is 97.8 Å². The number of likely N-dealkylation sites (N-methyl/N-ethyl adjacent to an activating group) is 1. The van der Waals surface area contributed by atoms with Crippen molar-refractivity contribution in [1.29, 1.82) is 0 Å². The molecule has 0 amide bonds. The van der Waals surface area contributed by atoms with E-state index in [9.17, 15) is 4.79 Å². The molecule has 8 heteroatoms. The minimum Gasteiger partial charge on any atom is -0.481 e. The van der Waals surface area contributed by atoms with Crippen LogP contribution in [0.3, 0.4) is 0 Å². The van der Waals surface area contributed by atoms with Crippen LogP contribution >= 0.6 is 0 Å². The maximum atomic E-state index is 10.4. The largest absolute Gasteiger partial charge is 0.481 e. The normalized spacial score (nSPS) is 11.2. The molecule has 0 bridgehead atoms. The van der Waals surface area contributed by atoms with E-state index >= 15 is 0 Å². The highest BCUT2D eigenvalue weighted by molar-refractivity contribution is 5.66. The number of aliphatic carboxylic acids is 1. The Labute approximate surface area is 178 Å². The van der Waals surface area contributed by atoms with Gasteiger partial charge in [0.2, 0.25) is 0 Å². The molecule has 0 unspecified atom stereocenters. The molecule has 0 aromatic rings. The summed E-state index contributed by atoms with van der Waals surface area (Å²) in [5.41, 5.74) is 0. The Kier molecular flexibility index (Phi) is 24.6. The third-order valence-electron chi connectivity index (χ3n) is 4.62. The lowest BCUT2D eigenvalue weighted by atomic mass is 10.2. The summed E-state index contributed by atoms with van der Waals surface area (Å²) in [7, 11) is 0. The van der Waals surface area contributed by atoms with Crippen molar-refractivity contribution < 1.29 is 9.90 Å². The molecule has 0 fully saturated rings. The first-order valence-electron chi connectivity index (χ1n) is 11.7. The Morgan fingerprint density at radius 3 is 1.24 bits per heavy atom. The maximum absolute atomic E-state index is 10.4. The highest BCUT2D eigenvalue weighted by Crippen LogP contribution is 1.98. The number of unbranched alkanes of at least 4 members (excludes halogenated alkanes) is 4. The van der Waals surface area contributed by atoms with E-state index in [1.807, 2.05) is 0 Å². The summed E-state index contributed by atoms with van der Waals surface area (Å²) in [6, 6.07) is 0. The number of hydrogen-bond acceptors (Lipinski definition) is 7. The zero-order chi connectivity index (χ0) is 21.3. The van der Waals surface area contributed by atoms with E-state index < -0.39 is 5.97 Å². The number of hydrogen-bond donors (Lipinski definition) is 7. The maximum Gasteiger partial charge on any atom is 0.303 e. The van der Waals surface area contributed by atoms with Crippen LogP contribution in [0.15, 0.2) is 0 Å². The summed E-state index contributed by atoms with van der Waals surface area (Å²) in [6.45, 7) is 14.5. The van der Waals surface area contributed by atoms with E-state index in [1.54, 1.807) is 0 Å². The van der Waals surface area contributed by atoms with Crippen molar-refractivity contribution in [3.63, 3.8) is 0 Å². The molecule has 0 aromatic carbocycles. The van der Waals surface area contributed by atoms with Crippen molar-refractivity contribution >= 4 is 5.97 Å². The monoisotopic (exact) mass is 416 g/mol. The summed E-state index contributed by atoms with van der Waals surface area (Å²) < 4.78 is 0. The van der Waals surface area contributed by atoms with Gasteiger partial charge in [-0.1, -0.05) is 19.8 Å². The highest BCUT2D eigenvalue weighted by Gasteiger charge is 1.96. The molecule has 0 saturated heterocycles. The molecule has 0 aliphatic rings. The topological polar surface area (TPSA) is 109 Å². The molecule has 174 valence electrons. The fourth-order valence-electron chi connectivity index (χ4n) is 2.89. The van der Waals surface area contributed by atoms with Gasteiger partial charge in [-0.2, -0.15) is 0 Å². The summed E-state index contributed by atoms with van der Waals surface area (Å²) in [5, 5.41) is 29.1. The molecule has 0 aliphatic carbocycles. The van der Waals surface area contributed by atoms with Gasteiger partial charge in [-0.25, -0.2) is 0 Å². The van der Waals surface area contributed by atoms with Gasteiger partial charge in [0.05, 0.1) is 0 Å². The first-order chi connectivity index (χ1) is 14.3. The van der Waals surface area contributed by atoms with Gasteiger partial charge >= 0.3 is 5.97 Å². The molecule has 0 heterocycles. The fraction of sp³-hybridized carbons (Fsp3) is 0.952. The van der Waals surface area contributed by atoms with Gasteiger partial charge in [-0.3, -0.25) is 4.79 Å². The van der Waals surface area contributed by atoms with Crippen molar-refractivity contribution in [2.45, 2.75) is 51.9 Å². The van der Waals surface area contributed by atoms with Crippen LogP contribution in [0, 0.1) is 0 Å². The van der Waals surface area contributed by atoms with Crippen molar-refractivity contribution in [2.75, 3.05) is 78.5 Å². The molecule has 7 N–H and O–H groups in total. The van der Waals surface area contributed by atoms with Crippen LogP contribution in [-0.2, 0) is 4.79 Å². The molecule has 0 aliphatic heterocycles. The van der Waals surface area contributed by atoms with E-state index in [2.05, 4.69) is 38.8 Å². The minimum absolute atomic E-state index is 0.292. The summed E-state index contributed by atoms with van der Waals surface area (Å²) in [6.07, 6.45) is 6.88. The molecule has 8 nitrogen and oxygen atoms in total. The van der Waals surface area contributed by atoms with Crippen LogP contribution in [0.2, 0.25) is 0 Å². The average Bonchev–Trinajstić information content (AvgIpc) is 2.71. The van der Waals surface area contributed by atoms with E-state index in [4.69, 9.17) is 5.11 Å². The quantitative estimate of drug-likeness (QED) is 0.107. The van der Waals surface area contributed by atoms with Crippen molar-refractivity contribution in [2.24, 2.45) is 0 Å². The van der Waals surface area contributed by atoms with Crippen LogP contribution < -0.4 is 31.9 Å². The van der Waals surface area contributed by atoms with Gasteiger partial charge in [0.15, 0.2) is 0 Å². The molecule has 0 saturated carbocycles. The van der Waals surface area contributed by atoms with Gasteiger partial charge in [0.1, 0.15) is 0 Å². The Hall–Kier alpha value is -0.770. The van der Waals surface area contributed by atoms with E-state index in [1.165, 1.54) is 19.3 Å². The van der Waals surface area contributed by atoms with Gasteiger partial charge in [-0.05, 0) is 51.9 Å². The average molecular weight is 417 g/mol. The molecule has 29 heavy (non-hydrogen) atoms. The molecular weight excluding hydrogens is 368 g/mol. The second-order valence-corrected chi connectivity index (χ2v) is 7.37. The first-order valence-corrected chi connectivity index (χ1v) is 11.7. The number of nitrogens with one attached hydrogen (secondary N) is 6. The SMILES string of the molecule is CCNCCNCCNCCCCCNCCNCCNCCCCCC(=O)O. The minimum atomic E-state index is -0.692. The van der Waals surface area contributed by atoms with Crippen LogP contribution in [0.5, 0.6) is 0 Å². The zero-order valence-corrected chi connectivity index (χ0v) is 18.8. The lowest BCUT2D eigenvalue weighted by Gasteiger charge is -2.08. The lowest BCUT2D eigenvalue weighted by Crippen LogP contribution is -2.33. The highest BCUT2D eigenvalue weighted by atomic mass is 16.4. The Bertz CT molecular complexity index is 334. The van der Waals surface area contributed by atoms with E-state index in [0.29, 0.717) is 6.42 Å². The second-order valence-electron chi connectivity index (χ2n) is 7.37. The first kappa shape index (κ1) is 28.2. The van der Waals surface area contributed by atoms with Crippen molar-refractivity contribution in [3.05, 3.63) is 0 Å². The summed E-state index contributed by atoms with van der Waals surface area (Å²) >= 11 is 0. The summed E-state index contributed by atoms with van der Waals surface area (Å²) in [5.74, 6) is -0.692. The Morgan fingerprint density at radius 2 is 0.862 bits per heavy atom. The van der Waals surface area contributed by atoms with Gasteiger partial charge < -0.3 is 37.0 Å². The Morgan fingerprint density at radius 1 is 0.517 bits per heavy atom. The van der Waals surface area contributed by atoms with Crippen molar-refractivity contribution in [1.82, 2.24) is 31.9 Å². The second kappa shape index (κ2) is 25.3. The number of carboxylic acids is 1. The Balaban J connectivity index is 2.99. The molecular formula is C21H48N6O2. The lowest BCUT2D eigenvalue weighted by molar-refractivity contribution is -0.137. The van der Waals surface area contributed by atoms with Crippen LogP contribution in [0.25, 0.3) is 0 Å². The molecule has 0 spiro atoms. The van der Waals surface area contributed by atoms with E-state index in [-0.39, 0.29) is 0 Å². The third kappa shape index (κ3) is 27.2. The third-order valence-corrected chi connectivity index (χ3v) is 4.62. The molecule has 0 aromatic heterocycles. The molecule has 0 rings (SSSR count). The predicted octanol–water partition coefficient (Wildman–Crippen LogP) is 0.359. The molecule has 0 atom stereocenters. The van der Waals surface area contributed by atoms with Gasteiger partial charge in [-0.15, -0.1) is 0 Å². The number of carboxylic acid groups (broad SMARTS) is 1.